The molecule has 478 valence electrons. The highest BCUT2D eigenvalue weighted by Crippen LogP contribution is 2.56. The predicted molar refractivity (Wildman–Crippen MR) is 435 cm³/mol. The first-order valence-electron chi connectivity index (χ1n) is 35.9. The number of benzene rings is 18. The van der Waals surface area contributed by atoms with E-state index in [0.29, 0.717) is 5.92 Å². The number of fused-ring (bicyclic) bond motifs is 16. The van der Waals surface area contributed by atoms with Gasteiger partial charge >= 0.3 is 0 Å². The van der Waals surface area contributed by atoms with E-state index in [4.69, 9.17) is 0 Å². The number of rotatable bonds is 7. The normalized spacial score (nSPS) is 13.3. The van der Waals surface area contributed by atoms with Crippen LogP contribution in [-0.4, -0.2) is 0 Å². The van der Waals surface area contributed by atoms with Gasteiger partial charge in [-0.05, 0) is 294 Å². The third-order valence-electron chi connectivity index (χ3n) is 22.7. The topological polar surface area (TPSA) is 0 Å². The highest BCUT2D eigenvalue weighted by atomic mass is 14.4. The third kappa shape index (κ3) is 10.1. The van der Waals surface area contributed by atoms with Crippen molar-refractivity contribution in [2.75, 3.05) is 0 Å². The summed E-state index contributed by atoms with van der Waals surface area (Å²) in [4.78, 5) is 0. The minimum absolute atomic E-state index is 0.0675. The maximum absolute atomic E-state index is 2.52. The van der Waals surface area contributed by atoms with E-state index < -0.39 is 0 Å². The Hall–Kier alpha value is -12.0. The number of hydrogen-bond acceptors (Lipinski definition) is 0. The molecule has 2 aliphatic carbocycles. The van der Waals surface area contributed by atoms with Gasteiger partial charge in [-0.1, -0.05) is 290 Å². The van der Waals surface area contributed by atoms with Crippen LogP contribution in [0.2, 0.25) is 0 Å². The molecule has 18 aromatic rings. The molecule has 0 fully saturated rings. The van der Waals surface area contributed by atoms with Crippen molar-refractivity contribution in [2.45, 2.75) is 58.3 Å². The molecule has 20 rings (SSSR count). The van der Waals surface area contributed by atoms with Gasteiger partial charge in [-0.15, -0.1) is 0 Å². The molecule has 0 saturated carbocycles. The van der Waals surface area contributed by atoms with Crippen LogP contribution in [0.1, 0.15) is 75.3 Å². The molecule has 0 aliphatic heterocycles. The Morgan fingerprint density at radius 3 is 1.21 bits per heavy atom. The van der Waals surface area contributed by atoms with Gasteiger partial charge in [0.15, 0.2) is 0 Å². The summed E-state index contributed by atoms with van der Waals surface area (Å²) in [5.41, 5.74) is 27.4. The van der Waals surface area contributed by atoms with E-state index in [1.165, 1.54) is 203 Å². The van der Waals surface area contributed by atoms with Gasteiger partial charge in [-0.25, -0.2) is 0 Å². The smallest absolute Gasteiger partial charge is 0.0159 e. The standard InChI is InChI=1S/C52H40.C49H34/c1-32(2)41-28-42(40-22-21-38-26-37(19-20-39(38)27-40)36-18-17-33-11-5-6-13-35(33)25-36)30-43(29-41)47-31-49-51(46-16-10-9-15-45(46)47)50-44-14-8-7-12-34(44)23-24-48(50)52(49,3)4;1-49(2)47-29-34-13-7-6-12-33(34)26-45(47)46-27-37-20-21-39(25-42(37)30-48(46)49)44-28-41(24-38-14-8-9-15-43(38)44)36-19-17-32-16-18-35(22-40(32)23-36)31-10-4-3-5-11-31/h5-32H,1-4H3;3-30H,1-2H3. The molecule has 0 spiro atoms. The number of hydrogen-bond donors (Lipinski definition) is 0. The molecule has 0 atom stereocenters. The maximum Gasteiger partial charge on any atom is 0.0159 e. The summed E-state index contributed by atoms with van der Waals surface area (Å²) in [5.74, 6) is 0.399. The zero-order valence-electron chi connectivity index (χ0n) is 57.8. The summed E-state index contributed by atoms with van der Waals surface area (Å²) >= 11 is 0. The lowest BCUT2D eigenvalue weighted by Gasteiger charge is -2.23. The summed E-state index contributed by atoms with van der Waals surface area (Å²) < 4.78 is 0. The molecule has 0 saturated heterocycles. The average Bonchev–Trinajstić information content (AvgIpc) is 1.56. The highest BCUT2D eigenvalue weighted by Gasteiger charge is 2.39. The van der Waals surface area contributed by atoms with Crippen LogP contribution in [0.25, 0.3) is 175 Å². The van der Waals surface area contributed by atoms with Crippen LogP contribution >= 0.6 is 0 Å². The summed E-state index contributed by atoms with van der Waals surface area (Å²) in [6.45, 7) is 14.2. The minimum Gasteiger partial charge on any atom is -0.0622 e. The van der Waals surface area contributed by atoms with E-state index in [-0.39, 0.29) is 10.8 Å². The van der Waals surface area contributed by atoms with Crippen molar-refractivity contribution >= 4 is 86.2 Å². The van der Waals surface area contributed by atoms with Gasteiger partial charge in [-0.2, -0.15) is 0 Å². The van der Waals surface area contributed by atoms with Crippen LogP contribution < -0.4 is 0 Å². The Bertz CT molecular complexity index is 6470. The van der Waals surface area contributed by atoms with Gasteiger partial charge in [0.1, 0.15) is 0 Å². The fourth-order valence-corrected chi connectivity index (χ4v) is 17.1. The first-order valence-corrected chi connectivity index (χ1v) is 35.9. The van der Waals surface area contributed by atoms with Crippen molar-refractivity contribution in [3.63, 3.8) is 0 Å². The lowest BCUT2D eigenvalue weighted by Crippen LogP contribution is -2.15. The molecule has 0 bridgehead atoms. The second-order valence-electron chi connectivity index (χ2n) is 29.8. The molecule has 0 radical (unpaired) electrons. The van der Waals surface area contributed by atoms with Gasteiger partial charge in [0.25, 0.3) is 0 Å². The fraction of sp³-hybridized carbons (Fsp3) is 0.0891. The molecule has 0 aromatic heterocycles. The second-order valence-corrected chi connectivity index (χ2v) is 29.8. The zero-order chi connectivity index (χ0) is 67.8. The minimum atomic E-state index is -0.115. The Morgan fingerprint density at radius 1 is 0.188 bits per heavy atom. The van der Waals surface area contributed by atoms with Crippen LogP contribution in [0, 0.1) is 0 Å². The van der Waals surface area contributed by atoms with Crippen molar-refractivity contribution in [1.29, 1.82) is 0 Å². The van der Waals surface area contributed by atoms with E-state index >= 15 is 0 Å². The molecular formula is C101H74. The quantitative estimate of drug-likeness (QED) is 0.149. The van der Waals surface area contributed by atoms with E-state index in [1.54, 1.807) is 0 Å². The van der Waals surface area contributed by atoms with E-state index in [0.717, 1.165) is 0 Å². The largest absolute Gasteiger partial charge is 0.0622 e. The molecular weight excluding hydrogens is 1210 g/mol. The summed E-state index contributed by atoms with van der Waals surface area (Å²) in [6.07, 6.45) is 0. The van der Waals surface area contributed by atoms with Crippen LogP contribution in [0.3, 0.4) is 0 Å². The van der Waals surface area contributed by atoms with Crippen molar-refractivity contribution in [2.24, 2.45) is 0 Å². The molecule has 0 N–H and O–H groups in total. The van der Waals surface area contributed by atoms with Crippen molar-refractivity contribution < 1.29 is 0 Å². The second kappa shape index (κ2) is 23.3. The maximum atomic E-state index is 2.52. The van der Waals surface area contributed by atoms with Gasteiger partial charge in [0.05, 0.1) is 0 Å². The summed E-state index contributed by atoms with van der Waals surface area (Å²) in [6, 6.07) is 125. The molecule has 0 amide bonds. The Kier molecular flexibility index (Phi) is 13.9. The molecule has 2 aliphatic rings. The van der Waals surface area contributed by atoms with E-state index in [1.807, 2.05) is 0 Å². The van der Waals surface area contributed by atoms with Gasteiger partial charge in [0, 0.05) is 10.8 Å². The van der Waals surface area contributed by atoms with Crippen LogP contribution in [0.5, 0.6) is 0 Å². The van der Waals surface area contributed by atoms with Crippen molar-refractivity contribution in [3.8, 4) is 89.0 Å². The van der Waals surface area contributed by atoms with Crippen molar-refractivity contribution in [3.05, 3.63) is 361 Å². The lowest BCUT2D eigenvalue weighted by atomic mass is 9.80. The van der Waals surface area contributed by atoms with Crippen LogP contribution in [0.15, 0.2) is 334 Å². The molecule has 101 heavy (non-hydrogen) atoms. The fourth-order valence-electron chi connectivity index (χ4n) is 17.1. The summed E-state index contributed by atoms with van der Waals surface area (Å²) in [7, 11) is 0. The van der Waals surface area contributed by atoms with Crippen LogP contribution in [0.4, 0.5) is 0 Å². The molecule has 0 nitrogen and oxygen atoms in total. The first kappa shape index (κ1) is 60.2. The lowest BCUT2D eigenvalue weighted by molar-refractivity contribution is 0.661. The predicted octanol–water partition coefficient (Wildman–Crippen LogP) is 28.3. The third-order valence-corrected chi connectivity index (χ3v) is 22.7. The van der Waals surface area contributed by atoms with E-state index in [9.17, 15) is 0 Å². The van der Waals surface area contributed by atoms with Gasteiger partial charge in [-0.3, -0.25) is 0 Å². The molecule has 18 aromatic carbocycles. The Labute approximate surface area is 591 Å². The summed E-state index contributed by atoms with van der Waals surface area (Å²) in [5, 5.41) is 20.6. The SMILES string of the molecule is CC(C)c1cc(-c2ccc3cc(-c4ccc5ccccc5c4)ccc3c2)cc(-c2cc3c(c4ccccc24)-c2c(ccc4ccccc24)C3(C)C)c1.CC1(C)c2cc3ccccc3cc2-c2cc3ccc(-c4cc(-c5ccc6ccc(-c7ccccc7)cc6c5)cc5ccccc45)cc3cc21. The monoisotopic (exact) mass is 1290 g/mol. The van der Waals surface area contributed by atoms with Gasteiger partial charge < -0.3 is 0 Å². The zero-order valence-corrected chi connectivity index (χ0v) is 57.8. The molecule has 0 heterocycles. The average molecular weight is 1290 g/mol. The van der Waals surface area contributed by atoms with Gasteiger partial charge in [0.2, 0.25) is 0 Å². The Balaban J connectivity index is 0.000000140. The van der Waals surface area contributed by atoms with E-state index in [2.05, 4.69) is 375 Å². The highest BCUT2D eigenvalue weighted by molar-refractivity contribution is 6.15. The van der Waals surface area contributed by atoms with Crippen LogP contribution in [-0.2, 0) is 10.8 Å². The van der Waals surface area contributed by atoms with Crippen molar-refractivity contribution in [1.82, 2.24) is 0 Å². The Morgan fingerprint density at radius 2 is 0.564 bits per heavy atom. The first-order chi connectivity index (χ1) is 49.3. The molecule has 0 unspecified atom stereocenters. The molecule has 0 heteroatoms.